The SMILES string of the molecule is CC12Oc3ccccc3OC1C2C(=O)O. The maximum absolute atomic E-state index is 10.9. The van der Waals surface area contributed by atoms with Gasteiger partial charge in [0.25, 0.3) is 0 Å². The molecule has 1 aliphatic carbocycles. The van der Waals surface area contributed by atoms with Crippen LogP contribution >= 0.6 is 0 Å². The summed E-state index contributed by atoms with van der Waals surface area (Å²) >= 11 is 0. The predicted molar refractivity (Wildman–Crippen MR) is 51.0 cm³/mol. The van der Waals surface area contributed by atoms with E-state index in [1.54, 1.807) is 19.1 Å². The van der Waals surface area contributed by atoms with E-state index in [2.05, 4.69) is 0 Å². The van der Waals surface area contributed by atoms with Gasteiger partial charge in [-0.05, 0) is 19.1 Å². The quantitative estimate of drug-likeness (QED) is 0.752. The van der Waals surface area contributed by atoms with Gasteiger partial charge in [-0.2, -0.15) is 0 Å². The van der Waals surface area contributed by atoms with Crippen LogP contribution in [0.3, 0.4) is 0 Å². The van der Waals surface area contributed by atoms with Crippen molar-refractivity contribution in [1.29, 1.82) is 0 Å². The lowest BCUT2D eigenvalue weighted by molar-refractivity contribution is -0.140. The minimum atomic E-state index is -0.865. The molecule has 4 nitrogen and oxygen atoms in total. The first kappa shape index (κ1) is 8.59. The fraction of sp³-hybridized carbons (Fsp3) is 0.364. The molecule has 4 heteroatoms. The molecular formula is C11H10O4. The van der Waals surface area contributed by atoms with Crippen LogP contribution in [0.2, 0.25) is 0 Å². The zero-order valence-electron chi connectivity index (χ0n) is 8.14. The average molecular weight is 206 g/mol. The maximum Gasteiger partial charge on any atom is 0.314 e. The Bertz CT molecular complexity index is 442. The molecule has 1 fully saturated rings. The number of fused-ring (bicyclic) bond motifs is 2. The predicted octanol–water partition coefficient (Wildman–Crippen LogP) is 1.30. The minimum absolute atomic E-state index is 0.357. The second-order valence-electron chi connectivity index (χ2n) is 4.09. The Morgan fingerprint density at radius 3 is 2.73 bits per heavy atom. The fourth-order valence-electron chi connectivity index (χ4n) is 2.14. The molecule has 0 aromatic heterocycles. The van der Waals surface area contributed by atoms with Crippen molar-refractivity contribution in [1.82, 2.24) is 0 Å². The third kappa shape index (κ3) is 0.988. The van der Waals surface area contributed by atoms with Crippen molar-refractivity contribution >= 4 is 5.97 Å². The van der Waals surface area contributed by atoms with Crippen LogP contribution in [-0.4, -0.2) is 22.8 Å². The monoisotopic (exact) mass is 206 g/mol. The van der Waals surface area contributed by atoms with Crippen LogP contribution in [0.5, 0.6) is 11.5 Å². The van der Waals surface area contributed by atoms with Crippen LogP contribution in [0.4, 0.5) is 0 Å². The molecule has 0 spiro atoms. The molecule has 0 amide bonds. The first-order valence-electron chi connectivity index (χ1n) is 4.80. The van der Waals surface area contributed by atoms with Crippen LogP contribution in [0.1, 0.15) is 6.92 Å². The maximum atomic E-state index is 10.9. The van der Waals surface area contributed by atoms with Crippen LogP contribution < -0.4 is 9.47 Å². The van der Waals surface area contributed by atoms with Gasteiger partial charge in [-0.3, -0.25) is 4.79 Å². The zero-order chi connectivity index (χ0) is 10.6. The van der Waals surface area contributed by atoms with Crippen molar-refractivity contribution in [3.05, 3.63) is 24.3 Å². The fourth-order valence-corrected chi connectivity index (χ4v) is 2.14. The Labute approximate surface area is 86.4 Å². The van der Waals surface area contributed by atoms with Crippen LogP contribution in [0.25, 0.3) is 0 Å². The summed E-state index contributed by atoms with van der Waals surface area (Å²) < 4.78 is 11.2. The van der Waals surface area contributed by atoms with Crippen molar-refractivity contribution < 1.29 is 19.4 Å². The van der Waals surface area contributed by atoms with Gasteiger partial charge in [0.2, 0.25) is 0 Å². The Morgan fingerprint density at radius 1 is 1.40 bits per heavy atom. The Morgan fingerprint density at radius 2 is 2.07 bits per heavy atom. The first-order valence-corrected chi connectivity index (χ1v) is 4.80. The first-order chi connectivity index (χ1) is 7.13. The summed E-state index contributed by atoms with van der Waals surface area (Å²) in [5.74, 6) is -0.177. The number of aliphatic carboxylic acids is 1. The summed E-state index contributed by atoms with van der Waals surface area (Å²) in [4.78, 5) is 10.9. The van der Waals surface area contributed by atoms with E-state index in [4.69, 9.17) is 14.6 Å². The minimum Gasteiger partial charge on any atom is -0.481 e. The lowest BCUT2D eigenvalue weighted by Crippen LogP contribution is -2.27. The summed E-state index contributed by atoms with van der Waals surface area (Å²) in [6, 6.07) is 7.24. The third-order valence-electron chi connectivity index (χ3n) is 3.08. The van der Waals surface area contributed by atoms with Crippen molar-refractivity contribution in [2.24, 2.45) is 5.92 Å². The number of benzene rings is 1. The lowest BCUT2D eigenvalue weighted by Gasteiger charge is -2.22. The van der Waals surface area contributed by atoms with E-state index in [9.17, 15) is 4.79 Å². The van der Waals surface area contributed by atoms with E-state index >= 15 is 0 Å². The highest BCUT2D eigenvalue weighted by Gasteiger charge is 2.73. The number of ether oxygens (including phenoxy) is 2. The second-order valence-corrected chi connectivity index (χ2v) is 4.09. The van der Waals surface area contributed by atoms with Gasteiger partial charge in [-0.15, -0.1) is 0 Å². The third-order valence-corrected chi connectivity index (χ3v) is 3.08. The summed E-state index contributed by atoms with van der Waals surface area (Å²) in [6.07, 6.45) is -0.357. The van der Waals surface area contributed by atoms with Crippen molar-refractivity contribution in [3.8, 4) is 11.5 Å². The van der Waals surface area contributed by atoms with Crippen LogP contribution in [0.15, 0.2) is 24.3 Å². The lowest BCUT2D eigenvalue weighted by atomic mass is 10.2. The number of carboxylic acid groups (broad SMARTS) is 1. The van der Waals surface area contributed by atoms with Gasteiger partial charge in [0.05, 0.1) is 0 Å². The zero-order valence-corrected chi connectivity index (χ0v) is 8.14. The van der Waals surface area contributed by atoms with Crippen LogP contribution in [-0.2, 0) is 4.79 Å². The molecule has 3 atom stereocenters. The van der Waals surface area contributed by atoms with Crippen LogP contribution in [0, 0.1) is 5.92 Å². The molecule has 0 radical (unpaired) electrons. The topological polar surface area (TPSA) is 55.8 Å². The average Bonchev–Trinajstić information content (AvgIpc) is 2.78. The van der Waals surface area contributed by atoms with E-state index in [0.29, 0.717) is 11.5 Å². The molecule has 0 saturated heterocycles. The van der Waals surface area contributed by atoms with Gasteiger partial charge in [-0.1, -0.05) is 12.1 Å². The Balaban J connectivity index is 1.97. The van der Waals surface area contributed by atoms with E-state index in [0.717, 1.165) is 0 Å². The largest absolute Gasteiger partial charge is 0.481 e. The van der Waals surface area contributed by atoms with E-state index < -0.39 is 17.5 Å². The molecule has 2 aliphatic rings. The highest BCUT2D eigenvalue weighted by Crippen LogP contribution is 2.55. The summed E-state index contributed by atoms with van der Waals surface area (Å²) in [6.45, 7) is 1.77. The number of hydrogen-bond acceptors (Lipinski definition) is 3. The molecule has 1 N–H and O–H groups in total. The molecule has 1 heterocycles. The van der Waals surface area contributed by atoms with E-state index in [1.807, 2.05) is 12.1 Å². The molecule has 3 rings (SSSR count). The molecular weight excluding hydrogens is 196 g/mol. The van der Waals surface area contributed by atoms with Gasteiger partial charge in [-0.25, -0.2) is 0 Å². The Kier molecular flexibility index (Phi) is 1.40. The summed E-state index contributed by atoms with van der Waals surface area (Å²) in [5.41, 5.74) is -0.694. The number of para-hydroxylation sites is 2. The molecule has 1 aliphatic heterocycles. The Hall–Kier alpha value is -1.71. The number of carboxylic acids is 1. The molecule has 1 aromatic rings. The van der Waals surface area contributed by atoms with Gasteiger partial charge in [0, 0.05) is 0 Å². The second kappa shape index (κ2) is 2.45. The molecule has 1 aromatic carbocycles. The molecule has 15 heavy (non-hydrogen) atoms. The summed E-state index contributed by atoms with van der Waals surface area (Å²) in [7, 11) is 0. The van der Waals surface area contributed by atoms with Crippen molar-refractivity contribution in [2.75, 3.05) is 0 Å². The molecule has 3 unspecified atom stereocenters. The van der Waals surface area contributed by atoms with Crippen molar-refractivity contribution in [3.63, 3.8) is 0 Å². The smallest absolute Gasteiger partial charge is 0.314 e. The highest BCUT2D eigenvalue weighted by atomic mass is 16.6. The van der Waals surface area contributed by atoms with Gasteiger partial charge in [0.1, 0.15) is 5.92 Å². The van der Waals surface area contributed by atoms with Crippen molar-refractivity contribution in [2.45, 2.75) is 18.6 Å². The molecule has 0 bridgehead atoms. The van der Waals surface area contributed by atoms with Gasteiger partial charge in [0.15, 0.2) is 23.2 Å². The van der Waals surface area contributed by atoms with Gasteiger partial charge < -0.3 is 14.6 Å². The summed E-state index contributed by atoms with van der Waals surface area (Å²) in [5, 5.41) is 8.97. The highest BCUT2D eigenvalue weighted by molar-refractivity contribution is 5.78. The normalized spacial score (nSPS) is 35.5. The number of rotatable bonds is 1. The molecule has 1 saturated carbocycles. The number of hydrogen-bond donors (Lipinski definition) is 1. The standard InChI is InChI=1S/C11H10O4/c1-11-8(10(12)13)9(11)14-6-4-2-3-5-7(6)15-11/h2-5,8-9H,1H3,(H,12,13). The molecule has 78 valence electrons. The van der Waals surface area contributed by atoms with Gasteiger partial charge >= 0.3 is 5.97 Å². The van der Waals surface area contributed by atoms with E-state index in [1.165, 1.54) is 0 Å². The van der Waals surface area contributed by atoms with E-state index in [-0.39, 0.29) is 6.10 Å². The number of carbonyl (C=O) groups is 1.